The highest BCUT2D eigenvalue weighted by Gasteiger charge is 2.10. The number of amides is 1. The van der Waals surface area contributed by atoms with Crippen molar-refractivity contribution in [1.82, 2.24) is 15.2 Å². The number of carbonyl (C=O) groups is 1. The van der Waals surface area contributed by atoms with Gasteiger partial charge in [0.1, 0.15) is 5.69 Å². The number of aromatic nitrogens is 1. The molecule has 4 nitrogen and oxygen atoms in total. The monoisotopic (exact) mass is 271 g/mol. The Kier molecular flexibility index (Phi) is 5.38. The summed E-state index contributed by atoms with van der Waals surface area (Å²) in [6.45, 7) is 2.31. The molecule has 2 aromatic rings. The minimum atomic E-state index is -0.0120. The van der Waals surface area contributed by atoms with Crippen molar-refractivity contribution < 1.29 is 4.79 Å². The molecule has 0 fully saturated rings. The van der Waals surface area contributed by atoms with Gasteiger partial charge in [-0.05, 0) is 37.7 Å². The van der Waals surface area contributed by atoms with E-state index in [-0.39, 0.29) is 5.91 Å². The second-order valence-electron chi connectivity index (χ2n) is 4.72. The first kappa shape index (κ1) is 14.3. The number of rotatable bonds is 7. The number of hydrogen-bond donors (Lipinski definition) is 2. The summed E-state index contributed by atoms with van der Waals surface area (Å²) in [5.74, 6) is -0.0120. The van der Waals surface area contributed by atoms with Crippen molar-refractivity contribution in [1.29, 1.82) is 0 Å². The molecule has 0 aliphatic rings. The van der Waals surface area contributed by atoms with E-state index in [1.165, 1.54) is 5.56 Å². The van der Waals surface area contributed by atoms with Gasteiger partial charge in [-0.2, -0.15) is 0 Å². The number of hydrogen-bond acceptors (Lipinski definition) is 2. The summed E-state index contributed by atoms with van der Waals surface area (Å²) in [4.78, 5) is 12.1. The molecule has 20 heavy (non-hydrogen) atoms. The second kappa shape index (κ2) is 7.50. The molecule has 0 spiro atoms. The maximum atomic E-state index is 12.1. The van der Waals surface area contributed by atoms with Crippen LogP contribution in [0.5, 0.6) is 0 Å². The average Bonchev–Trinajstić information content (AvgIpc) is 2.93. The predicted molar refractivity (Wildman–Crippen MR) is 80.9 cm³/mol. The standard InChI is InChI=1S/C16H21N3O/c1-17-10-6-11-18-16(20)15-9-5-12-19(15)13-14-7-3-2-4-8-14/h2-5,7-9,12,17H,6,10-11,13H2,1H3,(H,18,20). The molecule has 0 atom stereocenters. The Morgan fingerprint density at radius 2 is 1.90 bits per heavy atom. The molecule has 0 saturated carbocycles. The van der Waals surface area contributed by atoms with Crippen molar-refractivity contribution >= 4 is 5.91 Å². The first-order chi connectivity index (χ1) is 9.81. The van der Waals surface area contributed by atoms with Gasteiger partial charge in [0.25, 0.3) is 5.91 Å². The van der Waals surface area contributed by atoms with E-state index in [9.17, 15) is 4.79 Å². The Morgan fingerprint density at radius 1 is 1.10 bits per heavy atom. The van der Waals surface area contributed by atoms with E-state index in [1.807, 2.05) is 48.1 Å². The Morgan fingerprint density at radius 3 is 2.65 bits per heavy atom. The van der Waals surface area contributed by atoms with E-state index < -0.39 is 0 Å². The normalized spacial score (nSPS) is 10.4. The molecule has 0 unspecified atom stereocenters. The van der Waals surface area contributed by atoms with E-state index in [1.54, 1.807) is 0 Å². The van der Waals surface area contributed by atoms with E-state index in [0.29, 0.717) is 18.8 Å². The van der Waals surface area contributed by atoms with Gasteiger partial charge >= 0.3 is 0 Å². The van der Waals surface area contributed by atoms with E-state index >= 15 is 0 Å². The van der Waals surface area contributed by atoms with E-state index in [0.717, 1.165) is 13.0 Å². The molecular weight excluding hydrogens is 250 g/mol. The van der Waals surface area contributed by atoms with Crippen LogP contribution in [0.25, 0.3) is 0 Å². The molecular formula is C16H21N3O. The van der Waals surface area contributed by atoms with Gasteiger partial charge in [0.05, 0.1) is 0 Å². The quantitative estimate of drug-likeness (QED) is 0.755. The van der Waals surface area contributed by atoms with E-state index in [4.69, 9.17) is 0 Å². The summed E-state index contributed by atoms with van der Waals surface area (Å²) in [6.07, 6.45) is 2.87. The third-order valence-electron chi connectivity index (χ3n) is 3.15. The fourth-order valence-corrected chi connectivity index (χ4v) is 2.10. The van der Waals surface area contributed by atoms with Crippen molar-refractivity contribution in [2.24, 2.45) is 0 Å². The lowest BCUT2D eigenvalue weighted by molar-refractivity contribution is 0.0944. The van der Waals surface area contributed by atoms with Gasteiger partial charge in [-0.3, -0.25) is 4.79 Å². The summed E-state index contributed by atoms with van der Waals surface area (Å²) in [5.41, 5.74) is 1.89. The highest BCUT2D eigenvalue weighted by molar-refractivity contribution is 5.92. The van der Waals surface area contributed by atoms with Crippen LogP contribution in [0.3, 0.4) is 0 Å². The molecule has 106 valence electrons. The zero-order chi connectivity index (χ0) is 14.2. The number of benzene rings is 1. The molecule has 0 aliphatic carbocycles. The predicted octanol–water partition coefficient (Wildman–Crippen LogP) is 1.88. The van der Waals surface area contributed by atoms with Crippen LogP contribution >= 0.6 is 0 Å². The van der Waals surface area contributed by atoms with Gasteiger partial charge in [-0.25, -0.2) is 0 Å². The number of nitrogens with one attached hydrogen (secondary N) is 2. The van der Waals surface area contributed by atoms with Crippen molar-refractivity contribution in [3.05, 3.63) is 59.9 Å². The summed E-state index contributed by atoms with van der Waals surface area (Å²) in [5, 5.41) is 6.01. The van der Waals surface area contributed by atoms with Gasteiger partial charge in [0, 0.05) is 19.3 Å². The van der Waals surface area contributed by atoms with Crippen LogP contribution in [0.2, 0.25) is 0 Å². The third-order valence-corrected chi connectivity index (χ3v) is 3.15. The highest BCUT2D eigenvalue weighted by Crippen LogP contribution is 2.07. The number of nitrogens with zero attached hydrogens (tertiary/aromatic N) is 1. The Balaban J connectivity index is 1.96. The molecule has 1 aromatic heterocycles. The van der Waals surface area contributed by atoms with Gasteiger partial charge in [0.2, 0.25) is 0 Å². The van der Waals surface area contributed by atoms with Crippen LogP contribution in [0.15, 0.2) is 48.7 Å². The van der Waals surface area contributed by atoms with Crippen LogP contribution in [0, 0.1) is 0 Å². The summed E-state index contributed by atoms with van der Waals surface area (Å²) < 4.78 is 1.97. The van der Waals surface area contributed by atoms with Crippen LogP contribution in [0.4, 0.5) is 0 Å². The Bertz CT molecular complexity index is 534. The fraction of sp³-hybridized carbons (Fsp3) is 0.312. The SMILES string of the molecule is CNCCCNC(=O)c1cccn1Cc1ccccc1. The zero-order valence-electron chi connectivity index (χ0n) is 11.8. The zero-order valence-corrected chi connectivity index (χ0v) is 11.8. The first-order valence-electron chi connectivity index (χ1n) is 6.93. The van der Waals surface area contributed by atoms with Gasteiger partial charge in [-0.1, -0.05) is 30.3 Å². The summed E-state index contributed by atoms with van der Waals surface area (Å²) >= 11 is 0. The fourth-order valence-electron chi connectivity index (χ4n) is 2.10. The Hall–Kier alpha value is -2.07. The third kappa shape index (κ3) is 3.96. The summed E-state index contributed by atoms with van der Waals surface area (Å²) in [6, 6.07) is 13.9. The highest BCUT2D eigenvalue weighted by atomic mass is 16.1. The van der Waals surface area contributed by atoms with Crippen molar-refractivity contribution in [2.75, 3.05) is 20.1 Å². The largest absolute Gasteiger partial charge is 0.351 e. The van der Waals surface area contributed by atoms with Crippen LogP contribution in [-0.2, 0) is 6.54 Å². The molecule has 2 N–H and O–H groups in total. The summed E-state index contributed by atoms with van der Waals surface area (Å²) in [7, 11) is 1.91. The topological polar surface area (TPSA) is 46.1 Å². The lowest BCUT2D eigenvalue weighted by Gasteiger charge is -2.10. The smallest absolute Gasteiger partial charge is 0.267 e. The first-order valence-corrected chi connectivity index (χ1v) is 6.93. The lowest BCUT2D eigenvalue weighted by Crippen LogP contribution is -2.28. The molecule has 2 rings (SSSR count). The molecule has 4 heteroatoms. The lowest BCUT2D eigenvalue weighted by atomic mass is 10.2. The molecule has 1 amide bonds. The van der Waals surface area contributed by atoms with Gasteiger partial charge in [0.15, 0.2) is 0 Å². The maximum absolute atomic E-state index is 12.1. The molecule has 0 aliphatic heterocycles. The van der Waals surface area contributed by atoms with Crippen molar-refractivity contribution in [2.45, 2.75) is 13.0 Å². The molecule has 1 heterocycles. The van der Waals surface area contributed by atoms with E-state index in [2.05, 4.69) is 22.8 Å². The molecule has 1 aromatic carbocycles. The van der Waals surface area contributed by atoms with Crippen LogP contribution < -0.4 is 10.6 Å². The second-order valence-corrected chi connectivity index (χ2v) is 4.72. The number of carbonyl (C=O) groups excluding carboxylic acids is 1. The Labute approximate surface area is 119 Å². The van der Waals surface area contributed by atoms with Crippen molar-refractivity contribution in [3.8, 4) is 0 Å². The minimum Gasteiger partial charge on any atom is -0.351 e. The molecule has 0 radical (unpaired) electrons. The van der Waals surface area contributed by atoms with Crippen LogP contribution in [-0.4, -0.2) is 30.6 Å². The minimum absolute atomic E-state index is 0.0120. The average molecular weight is 271 g/mol. The maximum Gasteiger partial charge on any atom is 0.267 e. The van der Waals surface area contributed by atoms with Crippen molar-refractivity contribution in [3.63, 3.8) is 0 Å². The molecule has 0 bridgehead atoms. The van der Waals surface area contributed by atoms with Gasteiger partial charge in [-0.15, -0.1) is 0 Å². The van der Waals surface area contributed by atoms with Gasteiger partial charge < -0.3 is 15.2 Å². The van der Waals surface area contributed by atoms with Crippen LogP contribution in [0.1, 0.15) is 22.5 Å². The molecule has 0 saturated heterocycles.